The van der Waals surface area contributed by atoms with Gasteiger partial charge in [0.25, 0.3) is 0 Å². The van der Waals surface area contributed by atoms with Gasteiger partial charge in [-0.3, -0.25) is 4.79 Å². The van der Waals surface area contributed by atoms with E-state index in [0.717, 1.165) is 16.1 Å². The van der Waals surface area contributed by atoms with Crippen LogP contribution in [0.4, 0.5) is 17.6 Å². The zero-order valence-corrected chi connectivity index (χ0v) is 16.3. The van der Waals surface area contributed by atoms with E-state index in [0.29, 0.717) is 23.9 Å². The van der Waals surface area contributed by atoms with Crippen molar-refractivity contribution in [1.82, 2.24) is 15.0 Å². The minimum Gasteiger partial charge on any atom is -0.457 e. The summed E-state index contributed by atoms with van der Waals surface area (Å²) in [4.78, 5) is 25.4. The number of rotatable bonds is 8. The Hall–Kier alpha value is -3.13. The third kappa shape index (κ3) is 6.24. The molecule has 2 aromatic carbocycles. The van der Waals surface area contributed by atoms with Crippen LogP contribution in [0.25, 0.3) is 0 Å². The number of hydrogen-bond acceptors (Lipinski definition) is 8. The average Bonchev–Trinajstić information content (AvgIpc) is 2.69. The number of esters is 1. The zero-order chi connectivity index (χ0) is 19.8. The smallest absolute Gasteiger partial charge is 0.307 e. The second-order valence-electron chi connectivity index (χ2n) is 6.00. The molecule has 3 N–H and O–H groups in total. The van der Waals surface area contributed by atoms with Crippen LogP contribution in [0.1, 0.15) is 17.8 Å². The summed E-state index contributed by atoms with van der Waals surface area (Å²) in [7, 11) is 0. The Morgan fingerprint density at radius 2 is 1.82 bits per heavy atom. The highest BCUT2D eigenvalue weighted by molar-refractivity contribution is 7.99. The molecule has 0 aliphatic heterocycles. The number of nitrogens with two attached hydrogens (primary N) is 1. The fourth-order valence-electron chi connectivity index (χ4n) is 2.31. The number of aromatic nitrogens is 3. The lowest BCUT2D eigenvalue weighted by molar-refractivity contribution is -0.144. The molecule has 3 aromatic rings. The Balaban J connectivity index is 1.50. The fraction of sp³-hybridized carbons (Fsp3) is 0.200. The quantitative estimate of drug-likeness (QED) is 0.439. The highest BCUT2D eigenvalue weighted by Crippen LogP contribution is 2.18. The van der Waals surface area contributed by atoms with Gasteiger partial charge in [0.05, 0.1) is 6.42 Å². The van der Waals surface area contributed by atoms with Gasteiger partial charge in [-0.25, -0.2) is 0 Å². The summed E-state index contributed by atoms with van der Waals surface area (Å²) >= 11 is 1.61. The molecule has 1 heterocycles. The Labute approximate surface area is 167 Å². The van der Waals surface area contributed by atoms with Crippen LogP contribution in [0.2, 0.25) is 0 Å². The van der Waals surface area contributed by atoms with Crippen molar-refractivity contribution in [1.29, 1.82) is 0 Å². The summed E-state index contributed by atoms with van der Waals surface area (Å²) in [5, 5.41) is 3.07. The van der Waals surface area contributed by atoms with Gasteiger partial charge in [0.2, 0.25) is 11.9 Å². The van der Waals surface area contributed by atoms with Crippen LogP contribution in [0.3, 0.4) is 0 Å². The predicted octanol–water partition coefficient (Wildman–Crippen LogP) is 3.73. The molecule has 1 aromatic heterocycles. The molecular formula is C20H21N5O2S. The molecular weight excluding hydrogens is 374 g/mol. The monoisotopic (exact) mass is 395 g/mol. The largest absolute Gasteiger partial charge is 0.457 e. The van der Waals surface area contributed by atoms with Crippen LogP contribution in [-0.4, -0.2) is 26.7 Å². The maximum absolute atomic E-state index is 11.9. The number of anilines is 3. The average molecular weight is 395 g/mol. The molecule has 0 atom stereocenters. The topological polar surface area (TPSA) is 103 Å². The normalized spacial score (nSPS) is 10.5. The minimum atomic E-state index is -0.310. The zero-order valence-electron chi connectivity index (χ0n) is 15.5. The van der Waals surface area contributed by atoms with Gasteiger partial charge >= 0.3 is 5.97 Å². The Morgan fingerprint density at radius 1 is 1.07 bits per heavy atom. The van der Waals surface area contributed by atoms with Gasteiger partial charge < -0.3 is 15.8 Å². The van der Waals surface area contributed by atoms with E-state index in [2.05, 4.69) is 20.3 Å². The van der Waals surface area contributed by atoms with Crippen LogP contribution >= 0.6 is 11.8 Å². The highest BCUT2D eigenvalue weighted by atomic mass is 32.2. The van der Waals surface area contributed by atoms with Gasteiger partial charge in [0, 0.05) is 16.3 Å². The first-order valence-electron chi connectivity index (χ1n) is 8.76. The van der Waals surface area contributed by atoms with Gasteiger partial charge in [-0.1, -0.05) is 35.9 Å². The SMILES string of the molecule is Cc1ccc(Nc2nc(N)nc(COC(=O)CCSc3ccccc3)n2)cc1. The summed E-state index contributed by atoms with van der Waals surface area (Å²) in [6.07, 6.45) is 0.300. The summed E-state index contributed by atoms with van der Waals surface area (Å²) in [6.45, 7) is 1.96. The summed E-state index contributed by atoms with van der Waals surface area (Å²) in [5.41, 5.74) is 7.72. The molecule has 0 bridgehead atoms. The standard InChI is InChI=1S/C20H21N5O2S/c1-14-7-9-15(10-8-14)22-20-24-17(23-19(21)25-20)13-27-18(26)11-12-28-16-5-3-2-4-6-16/h2-10H,11-13H2,1H3,(H3,21,22,23,24,25). The number of benzene rings is 2. The van der Waals surface area contributed by atoms with Crippen molar-refractivity contribution in [2.75, 3.05) is 16.8 Å². The number of carbonyl (C=O) groups is 1. The molecule has 0 aliphatic carbocycles. The minimum absolute atomic E-state index is 0.0515. The third-order valence-corrected chi connectivity index (χ3v) is 4.70. The van der Waals surface area contributed by atoms with Crippen molar-refractivity contribution in [2.45, 2.75) is 24.8 Å². The van der Waals surface area contributed by atoms with Crippen molar-refractivity contribution >= 4 is 35.3 Å². The molecule has 3 rings (SSSR count). The number of nitrogens with zero attached hydrogens (tertiary/aromatic N) is 3. The van der Waals surface area contributed by atoms with Gasteiger partial charge in [-0.05, 0) is 31.2 Å². The summed E-state index contributed by atoms with van der Waals surface area (Å²) in [6, 6.07) is 17.7. The van der Waals surface area contributed by atoms with Crippen molar-refractivity contribution in [2.24, 2.45) is 0 Å². The van der Waals surface area contributed by atoms with Gasteiger partial charge in [-0.15, -0.1) is 11.8 Å². The predicted molar refractivity (Wildman–Crippen MR) is 110 cm³/mol. The van der Waals surface area contributed by atoms with Crippen molar-refractivity contribution < 1.29 is 9.53 Å². The molecule has 8 heteroatoms. The molecule has 0 saturated carbocycles. The van der Waals surface area contributed by atoms with E-state index in [1.807, 2.05) is 61.5 Å². The second kappa shape index (κ2) is 9.70. The van der Waals surface area contributed by atoms with E-state index in [4.69, 9.17) is 10.5 Å². The van der Waals surface area contributed by atoms with Crippen LogP contribution in [0.15, 0.2) is 59.5 Å². The Morgan fingerprint density at radius 3 is 2.57 bits per heavy atom. The maximum atomic E-state index is 11.9. The lowest BCUT2D eigenvalue weighted by Crippen LogP contribution is -2.11. The molecule has 7 nitrogen and oxygen atoms in total. The van der Waals surface area contributed by atoms with E-state index < -0.39 is 0 Å². The molecule has 0 radical (unpaired) electrons. The molecule has 144 valence electrons. The molecule has 0 aliphatic rings. The van der Waals surface area contributed by atoms with E-state index in [1.54, 1.807) is 11.8 Å². The summed E-state index contributed by atoms with van der Waals surface area (Å²) < 4.78 is 5.25. The van der Waals surface area contributed by atoms with Crippen LogP contribution in [-0.2, 0) is 16.1 Å². The Kier molecular flexibility index (Phi) is 6.80. The number of carbonyl (C=O) groups excluding carboxylic acids is 1. The fourth-order valence-corrected chi connectivity index (χ4v) is 3.16. The van der Waals surface area contributed by atoms with E-state index in [9.17, 15) is 4.79 Å². The summed E-state index contributed by atoms with van der Waals surface area (Å²) in [5.74, 6) is 1.00. The number of hydrogen-bond donors (Lipinski definition) is 2. The molecule has 0 fully saturated rings. The van der Waals surface area contributed by atoms with Crippen LogP contribution in [0, 0.1) is 6.92 Å². The highest BCUT2D eigenvalue weighted by Gasteiger charge is 2.09. The molecule has 0 saturated heterocycles. The molecule has 0 spiro atoms. The van der Waals surface area contributed by atoms with Gasteiger partial charge in [-0.2, -0.15) is 15.0 Å². The van der Waals surface area contributed by atoms with Crippen LogP contribution < -0.4 is 11.1 Å². The van der Waals surface area contributed by atoms with E-state index >= 15 is 0 Å². The van der Waals surface area contributed by atoms with E-state index in [-0.39, 0.29) is 18.5 Å². The van der Waals surface area contributed by atoms with Crippen molar-refractivity contribution in [3.8, 4) is 0 Å². The number of ether oxygens (including phenoxy) is 1. The first kappa shape index (κ1) is 19.6. The first-order valence-corrected chi connectivity index (χ1v) is 9.74. The lowest BCUT2D eigenvalue weighted by atomic mass is 10.2. The molecule has 0 amide bonds. The van der Waals surface area contributed by atoms with Gasteiger partial charge in [0.1, 0.15) is 0 Å². The number of nitrogen functional groups attached to an aromatic ring is 1. The Bertz CT molecular complexity index is 920. The van der Waals surface area contributed by atoms with E-state index in [1.165, 1.54) is 0 Å². The third-order valence-electron chi connectivity index (χ3n) is 3.69. The van der Waals surface area contributed by atoms with Gasteiger partial charge in [0.15, 0.2) is 12.4 Å². The molecule has 28 heavy (non-hydrogen) atoms. The first-order chi connectivity index (χ1) is 13.6. The number of thioether (sulfide) groups is 1. The van der Waals surface area contributed by atoms with Crippen molar-refractivity contribution in [3.63, 3.8) is 0 Å². The van der Waals surface area contributed by atoms with Crippen LogP contribution in [0.5, 0.6) is 0 Å². The van der Waals surface area contributed by atoms with Crippen molar-refractivity contribution in [3.05, 3.63) is 66.0 Å². The lowest BCUT2D eigenvalue weighted by Gasteiger charge is -2.08. The number of aryl methyl sites for hydroxylation is 1. The number of nitrogens with one attached hydrogen (secondary N) is 1. The second-order valence-corrected chi connectivity index (χ2v) is 7.16. The maximum Gasteiger partial charge on any atom is 0.307 e. The molecule has 0 unspecified atom stereocenters.